The summed E-state index contributed by atoms with van der Waals surface area (Å²) in [5.41, 5.74) is 7.31. The van der Waals surface area contributed by atoms with Crippen LogP contribution in [-0.4, -0.2) is 30.1 Å². The number of aromatic nitrogens is 2. The van der Waals surface area contributed by atoms with Gasteiger partial charge >= 0.3 is 0 Å². The zero-order chi connectivity index (χ0) is 14.4. The van der Waals surface area contributed by atoms with Crippen molar-refractivity contribution in [3.05, 3.63) is 47.3 Å². The molecule has 0 bridgehead atoms. The fourth-order valence-electron chi connectivity index (χ4n) is 2.07. The Morgan fingerprint density at radius 1 is 1.15 bits per heavy atom. The Bertz CT molecular complexity index is 538. The SMILES string of the molecule is COCCONCc1c(C)nn(-c2ccccc2)c1C. The minimum atomic E-state index is 0.529. The van der Waals surface area contributed by atoms with Gasteiger partial charge in [0.25, 0.3) is 0 Å². The maximum Gasteiger partial charge on any atom is 0.0916 e. The van der Waals surface area contributed by atoms with E-state index in [0.717, 1.165) is 22.6 Å². The standard InChI is InChI=1S/C15H21N3O2/c1-12-15(11-16-20-10-9-19-3)13(2)18(17-12)14-7-5-4-6-8-14/h4-8,16H,9-11H2,1-3H3. The first-order valence-corrected chi connectivity index (χ1v) is 6.68. The van der Waals surface area contributed by atoms with E-state index < -0.39 is 0 Å². The quantitative estimate of drug-likeness (QED) is 0.621. The van der Waals surface area contributed by atoms with E-state index in [-0.39, 0.29) is 0 Å². The molecule has 108 valence electrons. The molecule has 0 spiro atoms. The van der Waals surface area contributed by atoms with E-state index in [1.165, 1.54) is 0 Å². The van der Waals surface area contributed by atoms with Gasteiger partial charge in [-0.2, -0.15) is 10.6 Å². The van der Waals surface area contributed by atoms with Crippen LogP contribution in [0.15, 0.2) is 30.3 Å². The first kappa shape index (κ1) is 14.7. The molecule has 0 saturated carbocycles. The molecular weight excluding hydrogens is 254 g/mol. The Kier molecular flexibility index (Phi) is 5.29. The summed E-state index contributed by atoms with van der Waals surface area (Å²) in [5.74, 6) is 0. The second-order valence-electron chi connectivity index (χ2n) is 4.56. The Balaban J connectivity index is 2.06. The Hall–Kier alpha value is -1.69. The van der Waals surface area contributed by atoms with Gasteiger partial charge in [0.1, 0.15) is 0 Å². The molecule has 0 aliphatic carbocycles. The normalized spacial score (nSPS) is 10.9. The van der Waals surface area contributed by atoms with Crippen molar-refractivity contribution in [2.75, 3.05) is 20.3 Å². The predicted octanol–water partition coefficient (Wildman–Crippen LogP) is 2.16. The molecule has 2 aromatic rings. The number of hydrogen-bond acceptors (Lipinski definition) is 4. The van der Waals surface area contributed by atoms with E-state index in [9.17, 15) is 0 Å². The largest absolute Gasteiger partial charge is 0.382 e. The van der Waals surface area contributed by atoms with Gasteiger partial charge in [-0.3, -0.25) is 4.84 Å². The van der Waals surface area contributed by atoms with Gasteiger partial charge in [-0.1, -0.05) is 18.2 Å². The van der Waals surface area contributed by atoms with Crippen LogP contribution in [0.1, 0.15) is 17.0 Å². The number of para-hydroxylation sites is 1. The number of rotatable bonds is 7. The van der Waals surface area contributed by atoms with Crippen LogP contribution in [0.2, 0.25) is 0 Å². The molecule has 2 rings (SSSR count). The second kappa shape index (κ2) is 7.19. The Morgan fingerprint density at radius 3 is 2.60 bits per heavy atom. The zero-order valence-corrected chi connectivity index (χ0v) is 12.2. The third-order valence-corrected chi connectivity index (χ3v) is 3.18. The molecule has 0 atom stereocenters. The minimum Gasteiger partial charge on any atom is -0.382 e. The van der Waals surface area contributed by atoms with E-state index in [2.05, 4.69) is 17.5 Å². The van der Waals surface area contributed by atoms with E-state index in [0.29, 0.717) is 19.8 Å². The highest BCUT2D eigenvalue weighted by Gasteiger charge is 2.12. The summed E-state index contributed by atoms with van der Waals surface area (Å²) in [5, 5.41) is 4.59. The first-order valence-electron chi connectivity index (χ1n) is 6.68. The van der Waals surface area contributed by atoms with Gasteiger partial charge < -0.3 is 4.74 Å². The molecule has 1 N–H and O–H groups in total. The van der Waals surface area contributed by atoms with Gasteiger partial charge in [-0.15, -0.1) is 0 Å². The highest BCUT2D eigenvalue weighted by molar-refractivity contribution is 5.36. The molecule has 1 heterocycles. The summed E-state index contributed by atoms with van der Waals surface area (Å²) < 4.78 is 6.88. The molecule has 0 amide bonds. The summed E-state index contributed by atoms with van der Waals surface area (Å²) >= 11 is 0. The number of ether oxygens (including phenoxy) is 1. The van der Waals surface area contributed by atoms with Gasteiger partial charge in [0, 0.05) is 24.9 Å². The van der Waals surface area contributed by atoms with Gasteiger partial charge in [-0.05, 0) is 26.0 Å². The van der Waals surface area contributed by atoms with Crippen molar-refractivity contribution < 1.29 is 9.57 Å². The van der Waals surface area contributed by atoms with Crippen molar-refractivity contribution in [1.29, 1.82) is 0 Å². The van der Waals surface area contributed by atoms with Crippen LogP contribution in [-0.2, 0) is 16.1 Å². The van der Waals surface area contributed by atoms with E-state index >= 15 is 0 Å². The Morgan fingerprint density at radius 2 is 1.90 bits per heavy atom. The molecule has 5 nitrogen and oxygen atoms in total. The van der Waals surface area contributed by atoms with Crippen molar-refractivity contribution in [2.24, 2.45) is 0 Å². The van der Waals surface area contributed by atoms with Gasteiger partial charge in [0.15, 0.2) is 0 Å². The van der Waals surface area contributed by atoms with Gasteiger partial charge in [0.2, 0.25) is 0 Å². The molecule has 0 aliphatic rings. The number of methoxy groups -OCH3 is 1. The number of aryl methyl sites for hydroxylation is 1. The average molecular weight is 275 g/mol. The molecule has 1 aromatic heterocycles. The van der Waals surface area contributed by atoms with Crippen molar-refractivity contribution in [3.8, 4) is 5.69 Å². The maximum absolute atomic E-state index is 5.29. The summed E-state index contributed by atoms with van der Waals surface area (Å²) in [6.07, 6.45) is 0. The van der Waals surface area contributed by atoms with Crippen molar-refractivity contribution >= 4 is 0 Å². The number of benzene rings is 1. The van der Waals surface area contributed by atoms with Gasteiger partial charge in [-0.25, -0.2) is 4.68 Å². The summed E-state index contributed by atoms with van der Waals surface area (Å²) in [7, 11) is 1.65. The third-order valence-electron chi connectivity index (χ3n) is 3.18. The fourth-order valence-corrected chi connectivity index (χ4v) is 2.07. The van der Waals surface area contributed by atoms with Crippen LogP contribution in [0, 0.1) is 13.8 Å². The summed E-state index contributed by atoms with van der Waals surface area (Å²) in [4.78, 5) is 5.29. The number of nitrogens with zero attached hydrogens (tertiary/aromatic N) is 2. The van der Waals surface area contributed by atoms with E-state index in [1.807, 2.05) is 41.9 Å². The number of hydroxylamine groups is 1. The van der Waals surface area contributed by atoms with Crippen LogP contribution in [0.25, 0.3) is 5.69 Å². The summed E-state index contributed by atoms with van der Waals surface area (Å²) in [6.45, 7) is 5.82. The highest BCUT2D eigenvalue weighted by Crippen LogP contribution is 2.17. The molecule has 0 radical (unpaired) electrons. The molecule has 0 saturated heterocycles. The lowest BCUT2D eigenvalue weighted by atomic mass is 10.2. The molecular formula is C15H21N3O2. The lowest BCUT2D eigenvalue weighted by Gasteiger charge is -2.07. The van der Waals surface area contributed by atoms with Crippen LogP contribution in [0.5, 0.6) is 0 Å². The van der Waals surface area contributed by atoms with Crippen LogP contribution in [0.4, 0.5) is 0 Å². The zero-order valence-electron chi connectivity index (χ0n) is 12.2. The molecule has 0 fully saturated rings. The molecule has 0 unspecified atom stereocenters. The average Bonchev–Trinajstić information content (AvgIpc) is 2.75. The molecule has 20 heavy (non-hydrogen) atoms. The van der Waals surface area contributed by atoms with Gasteiger partial charge in [0.05, 0.1) is 24.6 Å². The van der Waals surface area contributed by atoms with Crippen molar-refractivity contribution in [2.45, 2.75) is 20.4 Å². The monoisotopic (exact) mass is 275 g/mol. The van der Waals surface area contributed by atoms with Crippen LogP contribution >= 0.6 is 0 Å². The molecule has 0 aliphatic heterocycles. The highest BCUT2D eigenvalue weighted by atomic mass is 16.7. The summed E-state index contributed by atoms with van der Waals surface area (Å²) in [6, 6.07) is 10.1. The fraction of sp³-hybridized carbons (Fsp3) is 0.400. The Labute approximate surface area is 119 Å². The maximum atomic E-state index is 5.29. The third kappa shape index (κ3) is 3.45. The molecule has 5 heteroatoms. The lowest BCUT2D eigenvalue weighted by Crippen LogP contribution is -2.18. The van der Waals surface area contributed by atoms with E-state index in [4.69, 9.17) is 9.57 Å². The second-order valence-corrected chi connectivity index (χ2v) is 4.56. The lowest BCUT2D eigenvalue weighted by molar-refractivity contribution is 0.00332. The van der Waals surface area contributed by atoms with Crippen molar-refractivity contribution in [3.63, 3.8) is 0 Å². The minimum absolute atomic E-state index is 0.529. The predicted molar refractivity (Wildman–Crippen MR) is 77.7 cm³/mol. The first-order chi connectivity index (χ1) is 9.74. The van der Waals surface area contributed by atoms with Crippen LogP contribution in [0.3, 0.4) is 0 Å². The van der Waals surface area contributed by atoms with E-state index in [1.54, 1.807) is 7.11 Å². The van der Waals surface area contributed by atoms with Crippen LogP contribution < -0.4 is 5.48 Å². The number of nitrogens with one attached hydrogen (secondary N) is 1. The topological polar surface area (TPSA) is 48.3 Å². The number of hydrogen-bond donors (Lipinski definition) is 1. The smallest absolute Gasteiger partial charge is 0.0916 e. The van der Waals surface area contributed by atoms with Crippen molar-refractivity contribution in [1.82, 2.24) is 15.3 Å². The molecule has 1 aromatic carbocycles.